The molecule has 9 heteroatoms. The van der Waals surface area contributed by atoms with E-state index < -0.39 is 15.4 Å². The van der Waals surface area contributed by atoms with Crippen molar-refractivity contribution in [1.29, 1.82) is 0 Å². The molecule has 1 aliphatic rings. The van der Waals surface area contributed by atoms with Gasteiger partial charge in [0.05, 0.1) is 6.20 Å². The first kappa shape index (κ1) is 15.8. The van der Waals surface area contributed by atoms with Crippen molar-refractivity contribution in [3.8, 4) is 0 Å². The van der Waals surface area contributed by atoms with Crippen LogP contribution in [0.2, 0.25) is 0 Å². The average molecular weight is 315 g/mol. The summed E-state index contributed by atoms with van der Waals surface area (Å²) in [6.07, 6.45) is 3.02. The van der Waals surface area contributed by atoms with E-state index in [1.54, 1.807) is 0 Å². The highest BCUT2D eigenvalue weighted by Gasteiger charge is 2.38. The fraction of sp³-hybridized carbons (Fsp3) is 0.667. The molecule has 4 N–H and O–H groups in total. The van der Waals surface area contributed by atoms with Gasteiger partial charge in [0.2, 0.25) is 0 Å². The Hall–Kier alpha value is -1.61. The summed E-state index contributed by atoms with van der Waals surface area (Å²) in [5.41, 5.74) is 5.22. The number of imidazole rings is 1. The standard InChI is InChI=1S/C12H21N5O3S/c1-3-9-14-8-10(15-9)21(19,20)17-6-4-12(2,5-7-17)11(13)16-18/h8,18H,3-7H2,1-2H3,(H2,13,16)(H,14,15). The summed E-state index contributed by atoms with van der Waals surface area (Å²) in [6.45, 7) is 4.43. The topological polar surface area (TPSA) is 125 Å². The number of hydrogen-bond acceptors (Lipinski definition) is 5. The lowest BCUT2D eigenvalue weighted by atomic mass is 9.80. The normalized spacial score (nSPS) is 20.6. The highest BCUT2D eigenvalue weighted by Crippen LogP contribution is 2.33. The van der Waals surface area contributed by atoms with Gasteiger partial charge in [0.1, 0.15) is 11.7 Å². The molecule has 0 saturated carbocycles. The molecule has 8 nitrogen and oxygen atoms in total. The van der Waals surface area contributed by atoms with Crippen LogP contribution in [-0.2, 0) is 16.4 Å². The van der Waals surface area contributed by atoms with Crippen LogP contribution in [-0.4, -0.2) is 46.8 Å². The molecule has 0 aliphatic carbocycles. The summed E-state index contributed by atoms with van der Waals surface area (Å²) in [5, 5.41) is 12.0. The number of nitrogens with zero attached hydrogens (tertiary/aromatic N) is 3. The second-order valence-corrected chi connectivity index (χ2v) is 7.40. The zero-order chi connectivity index (χ0) is 15.7. The van der Waals surface area contributed by atoms with Gasteiger partial charge in [-0.1, -0.05) is 19.0 Å². The average Bonchev–Trinajstić information content (AvgIpc) is 2.96. The Morgan fingerprint density at radius 1 is 1.57 bits per heavy atom. The molecule has 0 radical (unpaired) electrons. The van der Waals surface area contributed by atoms with Crippen molar-refractivity contribution in [2.75, 3.05) is 13.1 Å². The Labute approximate surface area is 124 Å². The first-order valence-electron chi connectivity index (χ1n) is 6.85. The predicted octanol–water partition coefficient (Wildman–Crippen LogP) is 0.509. The molecule has 118 valence electrons. The Balaban J connectivity index is 2.14. The van der Waals surface area contributed by atoms with Gasteiger partial charge in [0.25, 0.3) is 10.0 Å². The number of aryl methyl sites for hydroxylation is 1. The van der Waals surface area contributed by atoms with Crippen LogP contribution in [0.3, 0.4) is 0 Å². The number of sulfonamides is 1. The summed E-state index contributed by atoms with van der Waals surface area (Å²) < 4.78 is 26.4. The lowest BCUT2D eigenvalue weighted by Gasteiger charge is -2.37. The lowest BCUT2D eigenvalue weighted by molar-refractivity contribution is 0.229. The summed E-state index contributed by atoms with van der Waals surface area (Å²) in [7, 11) is -3.56. The Bertz CT molecular complexity index is 629. The largest absolute Gasteiger partial charge is 0.409 e. The van der Waals surface area contributed by atoms with Gasteiger partial charge >= 0.3 is 0 Å². The van der Waals surface area contributed by atoms with Crippen molar-refractivity contribution in [2.24, 2.45) is 16.3 Å². The number of oxime groups is 1. The van der Waals surface area contributed by atoms with Gasteiger partial charge in [-0.3, -0.25) is 0 Å². The molecule has 2 rings (SSSR count). The van der Waals surface area contributed by atoms with Crippen LogP contribution in [0.5, 0.6) is 0 Å². The van der Waals surface area contributed by atoms with E-state index in [0.29, 0.717) is 38.2 Å². The molecule has 21 heavy (non-hydrogen) atoms. The molecule has 0 amide bonds. The highest BCUT2D eigenvalue weighted by molar-refractivity contribution is 7.89. The fourth-order valence-electron chi connectivity index (χ4n) is 2.39. The van der Waals surface area contributed by atoms with E-state index in [9.17, 15) is 8.42 Å². The van der Waals surface area contributed by atoms with Gasteiger partial charge in [-0.05, 0) is 12.8 Å². The summed E-state index contributed by atoms with van der Waals surface area (Å²) >= 11 is 0. The minimum absolute atomic E-state index is 0.117. The number of aromatic amines is 1. The SMILES string of the molecule is CCc1ncc(S(=O)(=O)N2CCC(C)(/C(N)=N/O)CC2)[nH]1. The zero-order valence-electron chi connectivity index (χ0n) is 12.2. The van der Waals surface area contributed by atoms with Crippen molar-refractivity contribution in [3.05, 3.63) is 12.0 Å². The maximum absolute atomic E-state index is 12.5. The predicted molar refractivity (Wildman–Crippen MR) is 77.5 cm³/mol. The minimum atomic E-state index is -3.56. The molecule has 0 unspecified atom stereocenters. The molecule has 2 heterocycles. The first-order chi connectivity index (χ1) is 9.83. The second kappa shape index (κ2) is 5.64. The Morgan fingerprint density at radius 2 is 2.19 bits per heavy atom. The third kappa shape index (κ3) is 2.88. The Morgan fingerprint density at radius 3 is 2.67 bits per heavy atom. The van der Waals surface area contributed by atoms with E-state index in [1.807, 2.05) is 13.8 Å². The molecule has 1 aromatic heterocycles. The van der Waals surface area contributed by atoms with E-state index in [4.69, 9.17) is 10.9 Å². The van der Waals surface area contributed by atoms with Crippen LogP contribution in [0.15, 0.2) is 16.4 Å². The van der Waals surface area contributed by atoms with Crippen molar-refractivity contribution in [2.45, 2.75) is 38.1 Å². The summed E-state index contributed by atoms with van der Waals surface area (Å²) in [6, 6.07) is 0. The molecule has 1 fully saturated rings. The number of piperidine rings is 1. The van der Waals surface area contributed by atoms with Gasteiger partial charge in [0, 0.05) is 24.9 Å². The number of aromatic nitrogens is 2. The second-order valence-electron chi connectivity index (χ2n) is 5.50. The maximum Gasteiger partial charge on any atom is 0.260 e. The van der Waals surface area contributed by atoms with Crippen molar-refractivity contribution in [3.63, 3.8) is 0 Å². The third-order valence-corrected chi connectivity index (χ3v) is 5.92. The number of rotatable bonds is 4. The number of amidine groups is 1. The van der Waals surface area contributed by atoms with E-state index in [2.05, 4.69) is 15.1 Å². The van der Waals surface area contributed by atoms with Crippen LogP contribution in [0, 0.1) is 5.41 Å². The minimum Gasteiger partial charge on any atom is -0.409 e. The van der Waals surface area contributed by atoms with Gasteiger partial charge in [-0.15, -0.1) is 0 Å². The van der Waals surface area contributed by atoms with Gasteiger partial charge < -0.3 is 15.9 Å². The van der Waals surface area contributed by atoms with Gasteiger partial charge in [0.15, 0.2) is 5.03 Å². The zero-order valence-corrected chi connectivity index (χ0v) is 13.0. The van der Waals surface area contributed by atoms with E-state index in [1.165, 1.54) is 10.5 Å². The molecular formula is C12H21N5O3S. The lowest BCUT2D eigenvalue weighted by Crippen LogP contribution is -2.47. The van der Waals surface area contributed by atoms with Crippen LogP contribution in [0.1, 0.15) is 32.5 Å². The van der Waals surface area contributed by atoms with Crippen molar-refractivity contribution in [1.82, 2.24) is 14.3 Å². The quantitative estimate of drug-likeness (QED) is 0.323. The van der Waals surface area contributed by atoms with Gasteiger partial charge in [-0.25, -0.2) is 13.4 Å². The van der Waals surface area contributed by atoms with Crippen molar-refractivity contribution >= 4 is 15.9 Å². The molecule has 0 bridgehead atoms. The number of nitrogens with two attached hydrogens (primary N) is 1. The summed E-state index contributed by atoms with van der Waals surface area (Å²) in [4.78, 5) is 6.86. The Kier molecular flexibility index (Phi) is 4.24. The number of nitrogens with one attached hydrogen (secondary N) is 1. The smallest absolute Gasteiger partial charge is 0.260 e. The first-order valence-corrected chi connectivity index (χ1v) is 8.29. The van der Waals surface area contributed by atoms with Crippen LogP contribution >= 0.6 is 0 Å². The highest BCUT2D eigenvalue weighted by atomic mass is 32.2. The molecule has 1 aromatic rings. The summed E-state index contributed by atoms with van der Waals surface area (Å²) in [5.74, 6) is 0.793. The van der Waals surface area contributed by atoms with E-state index >= 15 is 0 Å². The molecule has 1 aliphatic heterocycles. The van der Waals surface area contributed by atoms with E-state index in [0.717, 1.165) is 0 Å². The van der Waals surface area contributed by atoms with Gasteiger partial charge in [-0.2, -0.15) is 4.31 Å². The molecule has 0 atom stereocenters. The van der Waals surface area contributed by atoms with Crippen LogP contribution in [0.4, 0.5) is 0 Å². The van der Waals surface area contributed by atoms with Crippen molar-refractivity contribution < 1.29 is 13.6 Å². The molecular weight excluding hydrogens is 294 g/mol. The molecule has 1 saturated heterocycles. The molecule has 0 aromatic carbocycles. The number of hydrogen-bond donors (Lipinski definition) is 3. The van der Waals surface area contributed by atoms with E-state index in [-0.39, 0.29) is 10.9 Å². The van der Waals surface area contributed by atoms with Crippen LogP contribution in [0.25, 0.3) is 0 Å². The number of H-pyrrole nitrogens is 1. The third-order valence-electron chi connectivity index (χ3n) is 4.11. The monoisotopic (exact) mass is 315 g/mol. The van der Waals surface area contributed by atoms with Crippen LogP contribution < -0.4 is 5.73 Å². The maximum atomic E-state index is 12.5. The fourth-order valence-corrected chi connectivity index (χ4v) is 3.76. The molecule has 0 spiro atoms.